The van der Waals surface area contributed by atoms with Crippen LogP contribution < -0.4 is 5.32 Å². The van der Waals surface area contributed by atoms with Crippen LogP contribution in [0.4, 0.5) is 0 Å². The van der Waals surface area contributed by atoms with Gasteiger partial charge in [0.2, 0.25) is 0 Å². The molecule has 23 heavy (non-hydrogen) atoms. The fourth-order valence-electron chi connectivity index (χ4n) is 2.10. The van der Waals surface area contributed by atoms with Gasteiger partial charge >= 0.3 is 0 Å². The van der Waals surface area contributed by atoms with Crippen molar-refractivity contribution >= 4 is 15.8 Å². The first kappa shape index (κ1) is 20.2. The SMILES string of the molecule is CN=C(NCC(C)(C)CCS(C)(=O)=O)N(C)CCOCC1CC1. The van der Waals surface area contributed by atoms with E-state index in [9.17, 15) is 8.42 Å². The van der Waals surface area contributed by atoms with Crippen LogP contribution in [0.1, 0.15) is 33.1 Å². The molecule has 6 nitrogen and oxygen atoms in total. The van der Waals surface area contributed by atoms with Gasteiger partial charge < -0.3 is 15.0 Å². The van der Waals surface area contributed by atoms with Crippen molar-refractivity contribution in [1.82, 2.24) is 10.2 Å². The second kappa shape index (κ2) is 8.87. The summed E-state index contributed by atoms with van der Waals surface area (Å²) in [6.45, 7) is 7.18. The van der Waals surface area contributed by atoms with Gasteiger partial charge in [-0.25, -0.2) is 8.42 Å². The Bertz CT molecular complexity index is 485. The Morgan fingerprint density at radius 3 is 2.57 bits per heavy atom. The lowest BCUT2D eigenvalue weighted by atomic mass is 9.90. The number of sulfone groups is 1. The smallest absolute Gasteiger partial charge is 0.193 e. The molecule has 136 valence electrons. The van der Waals surface area contributed by atoms with E-state index >= 15 is 0 Å². The Balaban J connectivity index is 2.29. The molecule has 0 spiro atoms. The number of likely N-dealkylation sites (N-methyl/N-ethyl adjacent to an activating group) is 1. The minimum Gasteiger partial charge on any atom is -0.379 e. The largest absolute Gasteiger partial charge is 0.379 e. The van der Waals surface area contributed by atoms with Crippen LogP contribution in [0.15, 0.2) is 4.99 Å². The van der Waals surface area contributed by atoms with Crippen molar-refractivity contribution in [3.05, 3.63) is 0 Å². The molecule has 0 bridgehead atoms. The van der Waals surface area contributed by atoms with Gasteiger partial charge in [0.25, 0.3) is 0 Å². The van der Waals surface area contributed by atoms with Crippen LogP contribution in [0.5, 0.6) is 0 Å². The third kappa shape index (κ3) is 9.81. The summed E-state index contributed by atoms with van der Waals surface area (Å²) in [5.74, 6) is 1.81. The van der Waals surface area contributed by atoms with E-state index in [-0.39, 0.29) is 11.2 Å². The van der Waals surface area contributed by atoms with E-state index in [1.807, 2.05) is 11.9 Å². The minimum absolute atomic E-state index is 0.109. The van der Waals surface area contributed by atoms with E-state index in [1.165, 1.54) is 19.1 Å². The van der Waals surface area contributed by atoms with Gasteiger partial charge in [-0.15, -0.1) is 0 Å². The van der Waals surface area contributed by atoms with Gasteiger partial charge in [-0.1, -0.05) is 13.8 Å². The van der Waals surface area contributed by atoms with Crippen LogP contribution in [-0.2, 0) is 14.6 Å². The number of hydrogen-bond acceptors (Lipinski definition) is 4. The number of nitrogens with one attached hydrogen (secondary N) is 1. The van der Waals surface area contributed by atoms with Crippen LogP contribution in [0.3, 0.4) is 0 Å². The third-order valence-corrected chi connectivity index (χ3v) is 5.02. The van der Waals surface area contributed by atoms with Gasteiger partial charge in [0.1, 0.15) is 9.84 Å². The van der Waals surface area contributed by atoms with Gasteiger partial charge in [-0.05, 0) is 30.6 Å². The molecule has 7 heteroatoms. The van der Waals surface area contributed by atoms with Crippen LogP contribution in [0, 0.1) is 11.3 Å². The monoisotopic (exact) mass is 347 g/mol. The highest BCUT2D eigenvalue weighted by atomic mass is 32.2. The van der Waals surface area contributed by atoms with Crippen LogP contribution >= 0.6 is 0 Å². The molecule has 0 saturated heterocycles. The maximum atomic E-state index is 11.3. The normalized spacial score (nSPS) is 16.5. The predicted octanol–water partition coefficient (Wildman–Crippen LogP) is 1.38. The number of ether oxygens (including phenoxy) is 1. The van der Waals surface area contributed by atoms with Crippen LogP contribution in [0.2, 0.25) is 0 Å². The Morgan fingerprint density at radius 1 is 1.39 bits per heavy atom. The maximum Gasteiger partial charge on any atom is 0.193 e. The zero-order valence-corrected chi connectivity index (χ0v) is 16.1. The van der Waals surface area contributed by atoms with Crippen molar-refractivity contribution in [3.8, 4) is 0 Å². The number of guanidine groups is 1. The topological polar surface area (TPSA) is 71.0 Å². The summed E-state index contributed by atoms with van der Waals surface area (Å²) in [4.78, 5) is 6.32. The quantitative estimate of drug-likeness (QED) is 0.367. The Morgan fingerprint density at radius 2 is 2.04 bits per heavy atom. The van der Waals surface area contributed by atoms with Gasteiger partial charge in [-0.2, -0.15) is 0 Å². The van der Waals surface area contributed by atoms with E-state index < -0.39 is 9.84 Å². The molecule has 0 heterocycles. The van der Waals surface area contributed by atoms with E-state index in [1.54, 1.807) is 7.05 Å². The molecule has 0 aromatic carbocycles. The number of aliphatic imine (C=N–C) groups is 1. The second-order valence-corrected chi connectivity index (χ2v) is 9.64. The molecule has 0 amide bonds. The maximum absolute atomic E-state index is 11.3. The molecule has 1 saturated carbocycles. The molecule has 1 rings (SSSR count). The van der Waals surface area contributed by atoms with E-state index in [2.05, 4.69) is 24.2 Å². The highest BCUT2D eigenvalue weighted by Crippen LogP contribution is 2.28. The predicted molar refractivity (Wildman–Crippen MR) is 95.6 cm³/mol. The van der Waals surface area contributed by atoms with Crippen LogP contribution in [-0.4, -0.2) is 71.7 Å². The fraction of sp³-hybridized carbons (Fsp3) is 0.938. The van der Waals surface area contributed by atoms with E-state index in [0.29, 0.717) is 19.6 Å². The van der Waals surface area contributed by atoms with Crippen molar-refractivity contribution in [3.63, 3.8) is 0 Å². The first-order valence-corrected chi connectivity index (χ1v) is 10.4. The molecule has 1 aliphatic rings. The van der Waals surface area contributed by atoms with Gasteiger partial charge in [0, 0.05) is 40.0 Å². The standard InChI is InChI=1S/C16H33N3O3S/c1-16(2,8-11-23(5,20)21)13-18-15(17-3)19(4)9-10-22-12-14-6-7-14/h14H,6-13H2,1-5H3,(H,17,18). The van der Waals surface area contributed by atoms with Gasteiger partial charge in [-0.3, -0.25) is 4.99 Å². The van der Waals surface area contributed by atoms with E-state index in [0.717, 1.165) is 25.0 Å². The first-order valence-electron chi connectivity index (χ1n) is 8.30. The summed E-state index contributed by atoms with van der Waals surface area (Å²) >= 11 is 0. The molecule has 1 fully saturated rings. The molecular formula is C16H33N3O3S. The molecule has 0 radical (unpaired) electrons. The summed E-state index contributed by atoms with van der Waals surface area (Å²) < 4.78 is 28.3. The molecule has 1 aliphatic carbocycles. The molecular weight excluding hydrogens is 314 g/mol. The average Bonchev–Trinajstić information content (AvgIpc) is 3.26. The summed E-state index contributed by atoms with van der Waals surface area (Å²) in [7, 11) is 0.823. The third-order valence-electron chi connectivity index (χ3n) is 4.07. The fourth-order valence-corrected chi connectivity index (χ4v) is 3.02. The highest BCUT2D eigenvalue weighted by molar-refractivity contribution is 7.90. The summed E-state index contributed by atoms with van der Waals surface area (Å²) in [6.07, 6.45) is 4.53. The molecule has 1 N–H and O–H groups in total. The molecule has 0 aromatic heterocycles. The Hall–Kier alpha value is -0.820. The lowest BCUT2D eigenvalue weighted by Gasteiger charge is -2.28. The summed E-state index contributed by atoms with van der Waals surface area (Å²) in [5, 5.41) is 3.33. The first-order chi connectivity index (χ1) is 10.6. The molecule has 0 aliphatic heterocycles. The zero-order chi connectivity index (χ0) is 17.5. The van der Waals surface area contributed by atoms with Crippen molar-refractivity contribution < 1.29 is 13.2 Å². The Kier molecular flexibility index (Phi) is 7.80. The van der Waals surface area contributed by atoms with E-state index in [4.69, 9.17) is 4.74 Å². The lowest BCUT2D eigenvalue weighted by Crippen LogP contribution is -2.44. The molecule has 0 atom stereocenters. The average molecular weight is 348 g/mol. The van der Waals surface area contributed by atoms with Crippen molar-refractivity contribution in [2.75, 3.05) is 52.4 Å². The lowest BCUT2D eigenvalue weighted by molar-refractivity contribution is 0.115. The van der Waals surface area contributed by atoms with Crippen molar-refractivity contribution in [2.45, 2.75) is 33.1 Å². The van der Waals surface area contributed by atoms with Gasteiger partial charge in [0.15, 0.2) is 5.96 Å². The second-order valence-electron chi connectivity index (χ2n) is 7.38. The van der Waals surface area contributed by atoms with Gasteiger partial charge in [0.05, 0.1) is 12.4 Å². The minimum atomic E-state index is -2.92. The summed E-state index contributed by atoms with van der Waals surface area (Å²) in [6, 6.07) is 0. The number of hydrogen-bond donors (Lipinski definition) is 1. The molecule has 0 unspecified atom stereocenters. The van der Waals surface area contributed by atoms with Crippen molar-refractivity contribution in [2.24, 2.45) is 16.3 Å². The summed E-state index contributed by atoms with van der Waals surface area (Å²) in [5.41, 5.74) is -0.109. The number of rotatable bonds is 10. The highest BCUT2D eigenvalue weighted by Gasteiger charge is 2.22. The zero-order valence-electron chi connectivity index (χ0n) is 15.3. The molecule has 0 aromatic rings. The van der Waals surface area contributed by atoms with Crippen LogP contribution in [0.25, 0.3) is 0 Å². The van der Waals surface area contributed by atoms with Crippen molar-refractivity contribution in [1.29, 1.82) is 0 Å². The Labute approximate surface area is 141 Å². The number of nitrogens with zero attached hydrogens (tertiary/aromatic N) is 2.